The second kappa shape index (κ2) is 7.94. The fourth-order valence-corrected chi connectivity index (χ4v) is 4.17. The summed E-state index contributed by atoms with van der Waals surface area (Å²) < 4.78 is 5.59. The highest BCUT2D eigenvalue weighted by atomic mass is 35.5. The second-order valence-electron chi connectivity index (χ2n) is 7.34. The zero-order chi connectivity index (χ0) is 18.7. The molecule has 1 aromatic carbocycles. The number of hydrogen-bond donors (Lipinski definition) is 2. The van der Waals surface area contributed by atoms with Gasteiger partial charge in [0.1, 0.15) is 6.61 Å². The summed E-state index contributed by atoms with van der Waals surface area (Å²) in [5.41, 5.74) is 0.679. The lowest BCUT2D eigenvalue weighted by atomic mass is 9.95. The first-order valence-electron chi connectivity index (χ1n) is 9.03. The van der Waals surface area contributed by atoms with Gasteiger partial charge in [-0.1, -0.05) is 42.6 Å². The number of likely N-dealkylation sites (N-methyl/N-ethyl adjacent to an activating group) is 1. The van der Waals surface area contributed by atoms with Crippen LogP contribution < -0.4 is 10.6 Å². The third-order valence-corrected chi connectivity index (χ3v) is 5.93. The van der Waals surface area contributed by atoms with Crippen molar-refractivity contribution in [3.05, 3.63) is 34.9 Å². The van der Waals surface area contributed by atoms with Gasteiger partial charge in [0.25, 0.3) is 5.91 Å². The number of nitrogens with zero attached hydrogens (tertiary/aromatic N) is 1. The monoisotopic (exact) mass is 379 g/mol. The number of carbonyl (C=O) groups excluding carboxylic acids is 2. The predicted octanol–water partition coefficient (Wildman–Crippen LogP) is 1.89. The lowest BCUT2D eigenvalue weighted by Crippen LogP contribution is -2.56. The molecule has 1 saturated heterocycles. The molecule has 0 bridgehead atoms. The summed E-state index contributed by atoms with van der Waals surface area (Å²) in [5.74, 6) is -0.470. The number of ether oxygens (including phenoxy) is 1. The van der Waals surface area contributed by atoms with Crippen LogP contribution in [0.4, 0.5) is 0 Å². The van der Waals surface area contributed by atoms with Gasteiger partial charge < -0.3 is 20.3 Å². The quantitative estimate of drug-likeness (QED) is 0.819. The molecule has 0 spiro atoms. The molecule has 26 heavy (non-hydrogen) atoms. The van der Waals surface area contributed by atoms with E-state index in [4.69, 9.17) is 16.3 Å². The van der Waals surface area contributed by atoms with Gasteiger partial charge in [0.15, 0.2) is 6.10 Å². The molecule has 7 heteroatoms. The summed E-state index contributed by atoms with van der Waals surface area (Å²) in [6.45, 7) is 0.444. The number of amides is 2. The molecule has 142 valence electrons. The van der Waals surface area contributed by atoms with E-state index in [0.29, 0.717) is 17.1 Å². The minimum Gasteiger partial charge on any atom is -0.356 e. The van der Waals surface area contributed by atoms with Crippen LogP contribution in [0, 0.1) is 0 Å². The minimum absolute atomic E-state index is 0.00648. The molecule has 2 aliphatic rings. The van der Waals surface area contributed by atoms with Crippen LogP contribution in [0.5, 0.6) is 0 Å². The number of carbonyl (C=O) groups is 2. The highest BCUT2D eigenvalue weighted by Crippen LogP contribution is 2.33. The average Bonchev–Trinajstić information content (AvgIpc) is 3.10. The molecule has 0 radical (unpaired) electrons. The SMILES string of the molecule is CN(C)C1(CNC(=O)[C@H]2OCC(=O)N[C@@H]2c2ccccc2Cl)CCCC1. The van der Waals surface area contributed by atoms with E-state index < -0.39 is 12.1 Å². The second-order valence-corrected chi connectivity index (χ2v) is 7.75. The Morgan fingerprint density at radius 3 is 2.69 bits per heavy atom. The van der Waals surface area contributed by atoms with Crippen LogP contribution >= 0.6 is 11.6 Å². The number of benzene rings is 1. The van der Waals surface area contributed by atoms with Crippen molar-refractivity contribution in [2.75, 3.05) is 27.2 Å². The maximum absolute atomic E-state index is 12.9. The van der Waals surface area contributed by atoms with Crippen molar-refractivity contribution in [3.8, 4) is 0 Å². The number of halogens is 1. The van der Waals surface area contributed by atoms with Crippen molar-refractivity contribution >= 4 is 23.4 Å². The summed E-state index contributed by atoms with van der Waals surface area (Å²) in [6.07, 6.45) is 3.68. The van der Waals surface area contributed by atoms with Gasteiger partial charge in [-0.05, 0) is 38.6 Å². The van der Waals surface area contributed by atoms with Crippen LogP contribution in [-0.2, 0) is 14.3 Å². The van der Waals surface area contributed by atoms with Gasteiger partial charge in [0.2, 0.25) is 5.91 Å². The maximum Gasteiger partial charge on any atom is 0.251 e. The summed E-state index contributed by atoms with van der Waals surface area (Å²) in [5, 5.41) is 6.40. The zero-order valence-corrected chi connectivity index (χ0v) is 16.0. The molecule has 1 aromatic rings. The molecule has 0 unspecified atom stereocenters. The topological polar surface area (TPSA) is 70.7 Å². The third kappa shape index (κ3) is 3.87. The summed E-state index contributed by atoms with van der Waals surface area (Å²) in [6, 6.07) is 6.60. The Hall–Kier alpha value is -1.63. The minimum atomic E-state index is -0.798. The van der Waals surface area contributed by atoms with Crippen molar-refractivity contribution in [3.63, 3.8) is 0 Å². The predicted molar refractivity (Wildman–Crippen MR) is 100.0 cm³/mol. The first-order chi connectivity index (χ1) is 12.4. The van der Waals surface area contributed by atoms with Gasteiger partial charge in [-0.2, -0.15) is 0 Å². The lowest BCUT2D eigenvalue weighted by Gasteiger charge is -2.38. The third-order valence-electron chi connectivity index (χ3n) is 5.59. The summed E-state index contributed by atoms with van der Waals surface area (Å²) in [4.78, 5) is 26.9. The number of nitrogens with one attached hydrogen (secondary N) is 2. The van der Waals surface area contributed by atoms with Gasteiger partial charge in [-0.3, -0.25) is 9.59 Å². The van der Waals surface area contributed by atoms with Gasteiger partial charge in [-0.25, -0.2) is 0 Å². The standard InChI is InChI=1S/C19H26ClN3O3/c1-23(2)19(9-5-6-10-19)12-21-18(25)17-16(22-15(24)11-26-17)13-7-3-4-8-14(13)20/h3-4,7-8,16-17H,5-6,9-12H2,1-2H3,(H,21,25)(H,22,24)/t16-,17+/m1/s1. The zero-order valence-electron chi connectivity index (χ0n) is 15.3. The molecule has 1 aliphatic carbocycles. The van der Waals surface area contributed by atoms with Crippen LogP contribution in [0.25, 0.3) is 0 Å². The fourth-order valence-electron chi connectivity index (χ4n) is 3.92. The van der Waals surface area contributed by atoms with Crippen LogP contribution in [0.2, 0.25) is 5.02 Å². The lowest BCUT2D eigenvalue weighted by molar-refractivity contribution is -0.148. The van der Waals surface area contributed by atoms with E-state index in [2.05, 4.69) is 29.6 Å². The van der Waals surface area contributed by atoms with Crippen LogP contribution in [-0.4, -0.2) is 55.6 Å². The molecule has 6 nitrogen and oxygen atoms in total. The molecule has 1 heterocycles. The Morgan fingerprint density at radius 2 is 2.04 bits per heavy atom. The van der Waals surface area contributed by atoms with E-state index in [-0.39, 0.29) is 24.0 Å². The van der Waals surface area contributed by atoms with E-state index in [1.807, 2.05) is 12.1 Å². The van der Waals surface area contributed by atoms with Crippen molar-refractivity contribution in [1.82, 2.24) is 15.5 Å². The molecule has 1 aliphatic heterocycles. The number of hydrogen-bond acceptors (Lipinski definition) is 4. The van der Waals surface area contributed by atoms with Gasteiger partial charge in [0, 0.05) is 17.1 Å². The Labute approximate surface area is 159 Å². The molecular weight excluding hydrogens is 354 g/mol. The van der Waals surface area contributed by atoms with Crippen molar-refractivity contribution in [1.29, 1.82) is 0 Å². The molecular formula is C19H26ClN3O3. The van der Waals surface area contributed by atoms with Crippen molar-refractivity contribution in [2.45, 2.75) is 43.4 Å². The highest BCUT2D eigenvalue weighted by molar-refractivity contribution is 6.31. The van der Waals surface area contributed by atoms with Crippen LogP contribution in [0.15, 0.2) is 24.3 Å². The van der Waals surface area contributed by atoms with Crippen LogP contribution in [0.1, 0.15) is 37.3 Å². The normalized spacial score (nSPS) is 25.2. The molecule has 3 rings (SSSR count). The average molecular weight is 380 g/mol. The Morgan fingerprint density at radius 1 is 1.35 bits per heavy atom. The van der Waals surface area contributed by atoms with Crippen molar-refractivity contribution < 1.29 is 14.3 Å². The fraction of sp³-hybridized carbons (Fsp3) is 0.579. The van der Waals surface area contributed by atoms with E-state index in [0.717, 1.165) is 12.8 Å². The maximum atomic E-state index is 12.9. The first-order valence-corrected chi connectivity index (χ1v) is 9.41. The molecule has 2 N–H and O–H groups in total. The van der Waals surface area contributed by atoms with Crippen LogP contribution in [0.3, 0.4) is 0 Å². The van der Waals surface area contributed by atoms with E-state index in [9.17, 15) is 9.59 Å². The van der Waals surface area contributed by atoms with Gasteiger partial charge in [-0.15, -0.1) is 0 Å². The summed E-state index contributed by atoms with van der Waals surface area (Å²) >= 11 is 6.27. The first kappa shape index (κ1) is 19.1. The highest BCUT2D eigenvalue weighted by Gasteiger charge is 2.40. The number of rotatable bonds is 5. The van der Waals surface area contributed by atoms with E-state index >= 15 is 0 Å². The summed E-state index contributed by atoms with van der Waals surface area (Å²) in [7, 11) is 4.11. The van der Waals surface area contributed by atoms with Crippen molar-refractivity contribution in [2.24, 2.45) is 0 Å². The Bertz CT molecular complexity index is 674. The largest absolute Gasteiger partial charge is 0.356 e. The molecule has 1 saturated carbocycles. The smallest absolute Gasteiger partial charge is 0.251 e. The molecule has 2 fully saturated rings. The van der Waals surface area contributed by atoms with Gasteiger partial charge in [0.05, 0.1) is 6.04 Å². The van der Waals surface area contributed by atoms with Gasteiger partial charge >= 0.3 is 0 Å². The van der Waals surface area contributed by atoms with E-state index in [1.165, 1.54) is 12.8 Å². The number of morpholine rings is 1. The Kier molecular flexibility index (Phi) is 5.85. The molecule has 2 atom stereocenters. The van der Waals surface area contributed by atoms with E-state index in [1.54, 1.807) is 12.1 Å². The molecule has 0 aromatic heterocycles. The Balaban J connectivity index is 1.74. The molecule has 2 amide bonds.